The Kier molecular flexibility index (Phi) is 8.06. The fourth-order valence-electron chi connectivity index (χ4n) is 2.30. The molecule has 0 unspecified atom stereocenters. The van der Waals surface area contributed by atoms with Gasteiger partial charge < -0.3 is 5.32 Å². The number of nitrogens with zero attached hydrogens (tertiary/aromatic N) is 3. The van der Waals surface area contributed by atoms with Crippen LogP contribution in [0.3, 0.4) is 0 Å². The minimum absolute atomic E-state index is 0.0711. The van der Waals surface area contributed by atoms with Gasteiger partial charge in [0.05, 0.1) is 5.75 Å². The second kappa shape index (κ2) is 10.5. The van der Waals surface area contributed by atoms with E-state index in [1.54, 1.807) is 6.08 Å². The van der Waals surface area contributed by atoms with E-state index in [0.29, 0.717) is 30.0 Å². The fraction of sp³-hybridized carbons (Fsp3) is 0.368. The standard InChI is InChI=1S/C19H25N5O2S/c1-4-12-24-17(15-8-6-5-7-9-15)22-23-19(24)27-13-16(25)21-18(26)20-11-10-14(2)3/h4-9,14H,1,10-13H2,2-3H3,(H2,20,21,25,26). The van der Waals surface area contributed by atoms with E-state index in [9.17, 15) is 9.59 Å². The van der Waals surface area contributed by atoms with Gasteiger partial charge in [0.15, 0.2) is 11.0 Å². The minimum Gasteiger partial charge on any atom is -0.338 e. The topological polar surface area (TPSA) is 88.9 Å². The fourth-order valence-corrected chi connectivity index (χ4v) is 3.05. The van der Waals surface area contributed by atoms with Crippen molar-refractivity contribution in [1.82, 2.24) is 25.4 Å². The summed E-state index contributed by atoms with van der Waals surface area (Å²) in [5.41, 5.74) is 0.938. The molecular weight excluding hydrogens is 362 g/mol. The maximum atomic E-state index is 12.0. The smallest absolute Gasteiger partial charge is 0.321 e. The third-order valence-corrected chi connectivity index (χ3v) is 4.62. The van der Waals surface area contributed by atoms with E-state index in [4.69, 9.17) is 0 Å². The van der Waals surface area contributed by atoms with Crippen LogP contribution in [-0.2, 0) is 11.3 Å². The maximum Gasteiger partial charge on any atom is 0.321 e. The second-order valence-corrected chi connectivity index (χ2v) is 7.29. The summed E-state index contributed by atoms with van der Waals surface area (Å²) in [6.07, 6.45) is 2.62. The zero-order chi connectivity index (χ0) is 19.6. The molecule has 3 amide bonds. The Labute approximate surface area is 163 Å². The lowest BCUT2D eigenvalue weighted by molar-refractivity contribution is -0.117. The van der Waals surface area contributed by atoms with Gasteiger partial charge in [-0.05, 0) is 12.3 Å². The third kappa shape index (κ3) is 6.56. The van der Waals surface area contributed by atoms with E-state index in [0.717, 1.165) is 12.0 Å². The molecule has 144 valence electrons. The van der Waals surface area contributed by atoms with Crippen molar-refractivity contribution in [2.24, 2.45) is 5.92 Å². The molecular formula is C19H25N5O2S. The Morgan fingerprint density at radius 2 is 2.00 bits per heavy atom. The van der Waals surface area contributed by atoms with Gasteiger partial charge in [-0.1, -0.05) is 62.0 Å². The van der Waals surface area contributed by atoms with Crippen molar-refractivity contribution in [2.75, 3.05) is 12.3 Å². The number of amides is 3. The van der Waals surface area contributed by atoms with E-state index in [1.807, 2.05) is 34.9 Å². The van der Waals surface area contributed by atoms with Crippen LogP contribution in [0.4, 0.5) is 4.79 Å². The van der Waals surface area contributed by atoms with Gasteiger partial charge in [0.1, 0.15) is 0 Å². The molecule has 2 aromatic rings. The van der Waals surface area contributed by atoms with E-state index in [1.165, 1.54) is 11.8 Å². The normalized spacial score (nSPS) is 10.6. The highest BCUT2D eigenvalue weighted by Crippen LogP contribution is 2.23. The van der Waals surface area contributed by atoms with Crippen molar-refractivity contribution in [3.63, 3.8) is 0 Å². The van der Waals surface area contributed by atoms with E-state index in [-0.39, 0.29) is 11.7 Å². The predicted octanol–water partition coefficient (Wildman–Crippen LogP) is 3.10. The number of urea groups is 1. The molecule has 0 aliphatic rings. The van der Waals surface area contributed by atoms with Gasteiger partial charge in [0.25, 0.3) is 0 Å². The van der Waals surface area contributed by atoms with Gasteiger partial charge in [0, 0.05) is 18.7 Å². The molecule has 0 aliphatic heterocycles. The molecule has 0 aliphatic carbocycles. The van der Waals surface area contributed by atoms with Crippen LogP contribution in [0.25, 0.3) is 11.4 Å². The molecule has 0 bridgehead atoms. The number of allylic oxidation sites excluding steroid dienone is 1. The van der Waals surface area contributed by atoms with Crippen LogP contribution in [0.15, 0.2) is 48.1 Å². The second-order valence-electron chi connectivity index (χ2n) is 6.35. The van der Waals surface area contributed by atoms with Gasteiger partial charge in [-0.15, -0.1) is 16.8 Å². The Balaban J connectivity index is 1.93. The summed E-state index contributed by atoms with van der Waals surface area (Å²) in [5.74, 6) is 0.898. The summed E-state index contributed by atoms with van der Waals surface area (Å²) >= 11 is 1.23. The number of benzene rings is 1. The molecule has 0 atom stereocenters. The van der Waals surface area contributed by atoms with Crippen molar-refractivity contribution in [3.05, 3.63) is 43.0 Å². The number of carbonyl (C=O) groups excluding carboxylic acids is 2. The molecule has 2 N–H and O–H groups in total. The SMILES string of the molecule is C=CCn1c(SCC(=O)NC(=O)NCCC(C)C)nnc1-c1ccccc1. The molecule has 1 heterocycles. The van der Waals surface area contributed by atoms with Gasteiger partial charge in [-0.2, -0.15) is 0 Å². The third-order valence-electron chi connectivity index (χ3n) is 3.65. The van der Waals surface area contributed by atoms with Crippen molar-refractivity contribution >= 4 is 23.7 Å². The van der Waals surface area contributed by atoms with Crippen molar-refractivity contribution in [1.29, 1.82) is 0 Å². The number of imide groups is 1. The van der Waals surface area contributed by atoms with Crippen LogP contribution in [0.5, 0.6) is 0 Å². The summed E-state index contributed by atoms with van der Waals surface area (Å²) in [6, 6.07) is 9.22. The summed E-state index contributed by atoms with van der Waals surface area (Å²) in [7, 11) is 0. The summed E-state index contributed by atoms with van der Waals surface area (Å²) < 4.78 is 1.89. The Morgan fingerprint density at radius 3 is 2.67 bits per heavy atom. The predicted molar refractivity (Wildman–Crippen MR) is 107 cm³/mol. The summed E-state index contributed by atoms with van der Waals surface area (Å²) in [6.45, 7) is 8.98. The lowest BCUT2D eigenvalue weighted by atomic mass is 10.1. The van der Waals surface area contributed by atoms with E-state index >= 15 is 0 Å². The van der Waals surface area contributed by atoms with Gasteiger partial charge in [-0.25, -0.2) is 4.79 Å². The largest absolute Gasteiger partial charge is 0.338 e. The van der Waals surface area contributed by atoms with Crippen LogP contribution in [0.1, 0.15) is 20.3 Å². The molecule has 1 aromatic heterocycles. The molecule has 0 fully saturated rings. The number of hydrogen-bond donors (Lipinski definition) is 2. The van der Waals surface area contributed by atoms with Crippen LogP contribution in [0, 0.1) is 5.92 Å². The Morgan fingerprint density at radius 1 is 1.26 bits per heavy atom. The average molecular weight is 388 g/mol. The molecule has 8 heteroatoms. The molecule has 0 spiro atoms. The Hall–Kier alpha value is -2.61. The number of carbonyl (C=O) groups is 2. The lowest BCUT2D eigenvalue weighted by Crippen LogP contribution is -2.40. The molecule has 2 rings (SSSR count). The number of aromatic nitrogens is 3. The van der Waals surface area contributed by atoms with Crippen molar-refractivity contribution in [3.8, 4) is 11.4 Å². The van der Waals surface area contributed by atoms with Gasteiger partial charge in [-0.3, -0.25) is 14.7 Å². The molecule has 0 radical (unpaired) electrons. The van der Waals surface area contributed by atoms with Gasteiger partial charge in [0.2, 0.25) is 5.91 Å². The first-order valence-corrected chi connectivity index (χ1v) is 9.79. The van der Waals surface area contributed by atoms with Crippen LogP contribution < -0.4 is 10.6 Å². The number of hydrogen-bond acceptors (Lipinski definition) is 5. The molecule has 1 aromatic carbocycles. The lowest BCUT2D eigenvalue weighted by Gasteiger charge is -2.09. The molecule has 7 nitrogen and oxygen atoms in total. The van der Waals surface area contributed by atoms with E-state index in [2.05, 4.69) is 41.3 Å². The van der Waals surface area contributed by atoms with Crippen LogP contribution in [0.2, 0.25) is 0 Å². The monoisotopic (exact) mass is 387 g/mol. The quantitative estimate of drug-likeness (QED) is 0.510. The van der Waals surface area contributed by atoms with Crippen molar-refractivity contribution < 1.29 is 9.59 Å². The van der Waals surface area contributed by atoms with Crippen LogP contribution in [-0.4, -0.2) is 39.0 Å². The minimum atomic E-state index is -0.473. The average Bonchev–Trinajstić information content (AvgIpc) is 3.03. The highest BCUT2D eigenvalue weighted by molar-refractivity contribution is 7.99. The molecule has 0 saturated carbocycles. The first-order chi connectivity index (χ1) is 13.0. The zero-order valence-electron chi connectivity index (χ0n) is 15.6. The highest BCUT2D eigenvalue weighted by Gasteiger charge is 2.15. The van der Waals surface area contributed by atoms with Crippen molar-refractivity contribution in [2.45, 2.75) is 32.0 Å². The maximum absolute atomic E-state index is 12.0. The number of thioether (sulfide) groups is 1. The summed E-state index contributed by atoms with van der Waals surface area (Å²) in [4.78, 5) is 23.7. The number of rotatable bonds is 9. The molecule has 0 saturated heterocycles. The van der Waals surface area contributed by atoms with Gasteiger partial charge >= 0.3 is 6.03 Å². The number of nitrogens with one attached hydrogen (secondary N) is 2. The van der Waals surface area contributed by atoms with E-state index < -0.39 is 6.03 Å². The van der Waals surface area contributed by atoms with Crippen LogP contribution >= 0.6 is 11.8 Å². The first kappa shape index (κ1) is 20.7. The zero-order valence-corrected chi connectivity index (χ0v) is 16.5. The Bertz CT molecular complexity index is 774. The highest BCUT2D eigenvalue weighted by atomic mass is 32.2. The first-order valence-electron chi connectivity index (χ1n) is 8.81. The summed E-state index contributed by atoms with van der Waals surface area (Å²) in [5, 5.41) is 14.0. The molecule has 27 heavy (non-hydrogen) atoms.